The Bertz CT molecular complexity index is 1160. The lowest BCUT2D eigenvalue weighted by molar-refractivity contribution is 0.102. The third kappa shape index (κ3) is 3.02. The van der Waals surface area contributed by atoms with E-state index >= 15 is 0 Å². The summed E-state index contributed by atoms with van der Waals surface area (Å²) in [7, 11) is 0. The molecule has 128 valence electrons. The topological polar surface area (TPSA) is 72.2 Å². The van der Waals surface area contributed by atoms with Gasteiger partial charge in [0.25, 0.3) is 5.91 Å². The molecule has 0 aliphatic rings. The van der Waals surface area contributed by atoms with Crippen LogP contribution < -0.4 is 10.9 Å². The van der Waals surface area contributed by atoms with Crippen LogP contribution in [0.4, 0.5) is 5.13 Å². The molecular formula is C20H14N2O3S. The van der Waals surface area contributed by atoms with Crippen LogP contribution in [-0.2, 0) is 0 Å². The number of aromatic nitrogens is 1. The van der Waals surface area contributed by atoms with Gasteiger partial charge in [-0.1, -0.05) is 48.5 Å². The minimum Gasteiger partial charge on any atom is -0.422 e. The van der Waals surface area contributed by atoms with Gasteiger partial charge in [0.2, 0.25) is 0 Å². The molecule has 0 atom stereocenters. The monoisotopic (exact) mass is 362 g/mol. The Hall–Kier alpha value is -3.25. The number of carbonyl (C=O) groups excluding carboxylic acids is 1. The van der Waals surface area contributed by atoms with Crippen molar-refractivity contribution in [3.63, 3.8) is 0 Å². The van der Waals surface area contributed by atoms with Gasteiger partial charge in [-0.25, -0.2) is 9.78 Å². The van der Waals surface area contributed by atoms with E-state index in [1.807, 2.05) is 43.3 Å². The van der Waals surface area contributed by atoms with Crippen LogP contribution in [0.1, 0.15) is 15.2 Å². The number of amides is 1. The summed E-state index contributed by atoms with van der Waals surface area (Å²) in [6, 6.07) is 18.3. The largest absolute Gasteiger partial charge is 0.422 e. The van der Waals surface area contributed by atoms with Crippen LogP contribution in [0.5, 0.6) is 0 Å². The number of aryl methyl sites for hydroxylation is 1. The van der Waals surface area contributed by atoms with Gasteiger partial charge in [-0.05, 0) is 19.1 Å². The fraction of sp³-hybridized carbons (Fsp3) is 0.0500. The summed E-state index contributed by atoms with van der Waals surface area (Å²) >= 11 is 1.37. The lowest BCUT2D eigenvalue weighted by atomic mass is 10.1. The number of thiazole rings is 1. The number of nitrogens with zero attached hydrogens (tertiary/aromatic N) is 1. The molecular weight excluding hydrogens is 348 g/mol. The maximum absolute atomic E-state index is 12.5. The van der Waals surface area contributed by atoms with Gasteiger partial charge < -0.3 is 4.42 Å². The van der Waals surface area contributed by atoms with Gasteiger partial charge in [0.15, 0.2) is 5.13 Å². The molecule has 0 spiro atoms. The first-order valence-corrected chi connectivity index (χ1v) is 8.80. The van der Waals surface area contributed by atoms with Crippen LogP contribution >= 0.6 is 11.3 Å². The summed E-state index contributed by atoms with van der Waals surface area (Å²) in [6.07, 6.45) is 0. The van der Waals surface area contributed by atoms with E-state index in [2.05, 4.69) is 10.3 Å². The van der Waals surface area contributed by atoms with Gasteiger partial charge in [0.05, 0.1) is 5.69 Å². The summed E-state index contributed by atoms with van der Waals surface area (Å²) in [6.45, 7) is 1.94. The minimum absolute atomic E-state index is 0.0437. The van der Waals surface area contributed by atoms with Gasteiger partial charge in [0, 0.05) is 15.8 Å². The smallest absolute Gasteiger partial charge is 0.349 e. The van der Waals surface area contributed by atoms with Crippen molar-refractivity contribution in [3.8, 4) is 11.3 Å². The summed E-state index contributed by atoms with van der Waals surface area (Å²) in [5, 5.41) is 3.84. The zero-order valence-electron chi connectivity index (χ0n) is 13.9. The van der Waals surface area contributed by atoms with Crippen LogP contribution in [0.15, 0.2) is 69.9 Å². The highest BCUT2D eigenvalue weighted by Crippen LogP contribution is 2.30. The maximum Gasteiger partial charge on any atom is 0.349 e. The van der Waals surface area contributed by atoms with Gasteiger partial charge >= 0.3 is 5.63 Å². The lowest BCUT2D eigenvalue weighted by Crippen LogP contribution is -2.20. The molecule has 0 unspecified atom stereocenters. The van der Waals surface area contributed by atoms with Crippen molar-refractivity contribution < 1.29 is 9.21 Å². The minimum atomic E-state index is -0.669. The van der Waals surface area contributed by atoms with Crippen LogP contribution in [0.2, 0.25) is 0 Å². The van der Waals surface area contributed by atoms with Crippen molar-refractivity contribution in [1.29, 1.82) is 0 Å². The molecule has 0 bridgehead atoms. The first kappa shape index (κ1) is 16.2. The number of fused-ring (bicyclic) bond motifs is 1. The van der Waals surface area contributed by atoms with E-state index in [1.54, 1.807) is 18.2 Å². The highest BCUT2D eigenvalue weighted by molar-refractivity contribution is 7.16. The lowest BCUT2D eigenvalue weighted by Gasteiger charge is -2.02. The molecule has 1 amide bonds. The molecule has 4 rings (SSSR count). The summed E-state index contributed by atoms with van der Waals surface area (Å²) in [4.78, 5) is 30.1. The molecule has 0 fully saturated rings. The number of hydrogen-bond donors (Lipinski definition) is 1. The average molecular weight is 362 g/mol. The van der Waals surface area contributed by atoms with Crippen molar-refractivity contribution in [1.82, 2.24) is 4.98 Å². The molecule has 2 aromatic carbocycles. The van der Waals surface area contributed by atoms with E-state index in [-0.39, 0.29) is 5.56 Å². The molecule has 2 aromatic heterocycles. The molecule has 0 aliphatic heterocycles. The normalized spacial score (nSPS) is 10.8. The first-order chi connectivity index (χ1) is 12.6. The van der Waals surface area contributed by atoms with E-state index in [0.29, 0.717) is 16.1 Å². The van der Waals surface area contributed by atoms with E-state index in [4.69, 9.17) is 4.42 Å². The van der Waals surface area contributed by atoms with E-state index in [0.717, 1.165) is 16.1 Å². The Labute approximate surface area is 152 Å². The molecule has 6 heteroatoms. The predicted octanol–water partition coefficient (Wildman–Crippen LogP) is 4.48. The summed E-state index contributed by atoms with van der Waals surface area (Å²) in [5.41, 5.74) is 1.53. The number of carbonyl (C=O) groups is 1. The van der Waals surface area contributed by atoms with Crippen LogP contribution in [-0.4, -0.2) is 10.9 Å². The van der Waals surface area contributed by atoms with Crippen molar-refractivity contribution in [2.75, 3.05) is 5.32 Å². The Morgan fingerprint density at radius 3 is 2.62 bits per heavy atom. The van der Waals surface area contributed by atoms with Gasteiger partial charge in [-0.3, -0.25) is 10.1 Å². The van der Waals surface area contributed by atoms with Crippen LogP contribution in [0.3, 0.4) is 0 Å². The van der Waals surface area contributed by atoms with Gasteiger partial charge in [0.1, 0.15) is 11.1 Å². The fourth-order valence-corrected chi connectivity index (χ4v) is 3.53. The number of anilines is 1. The molecule has 1 N–H and O–H groups in total. The number of rotatable bonds is 3. The Morgan fingerprint density at radius 2 is 1.81 bits per heavy atom. The van der Waals surface area contributed by atoms with Crippen molar-refractivity contribution in [2.24, 2.45) is 0 Å². The maximum atomic E-state index is 12.5. The molecule has 0 aliphatic carbocycles. The molecule has 0 radical (unpaired) electrons. The summed E-state index contributed by atoms with van der Waals surface area (Å²) in [5.74, 6) is -0.530. The van der Waals surface area contributed by atoms with E-state index < -0.39 is 11.5 Å². The second kappa shape index (κ2) is 6.57. The zero-order chi connectivity index (χ0) is 18.1. The molecule has 0 saturated heterocycles. The van der Waals surface area contributed by atoms with Crippen molar-refractivity contribution in [2.45, 2.75) is 6.92 Å². The third-order valence-corrected chi connectivity index (χ3v) is 4.84. The second-order valence-electron chi connectivity index (χ2n) is 5.73. The fourth-order valence-electron chi connectivity index (χ4n) is 2.70. The van der Waals surface area contributed by atoms with Gasteiger partial charge in [-0.2, -0.15) is 0 Å². The number of benzene rings is 2. The number of hydrogen-bond acceptors (Lipinski definition) is 5. The SMILES string of the molecule is Cc1sc(NC(=O)c2cc3ccccc3oc2=O)nc1-c1ccccc1. The Kier molecular flexibility index (Phi) is 4.10. The third-order valence-electron chi connectivity index (χ3n) is 3.95. The molecule has 2 heterocycles. The quantitative estimate of drug-likeness (QED) is 0.546. The molecule has 26 heavy (non-hydrogen) atoms. The highest BCUT2D eigenvalue weighted by atomic mass is 32.1. The summed E-state index contributed by atoms with van der Waals surface area (Å²) < 4.78 is 5.22. The van der Waals surface area contributed by atoms with Crippen LogP contribution in [0.25, 0.3) is 22.2 Å². The van der Waals surface area contributed by atoms with E-state index in [9.17, 15) is 9.59 Å². The van der Waals surface area contributed by atoms with Crippen LogP contribution in [0, 0.1) is 6.92 Å². The highest BCUT2D eigenvalue weighted by Gasteiger charge is 2.17. The first-order valence-electron chi connectivity index (χ1n) is 7.99. The van der Waals surface area contributed by atoms with E-state index in [1.165, 1.54) is 17.4 Å². The molecule has 4 aromatic rings. The van der Waals surface area contributed by atoms with Gasteiger partial charge in [-0.15, -0.1) is 11.3 Å². The average Bonchev–Trinajstić information content (AvgIpc) is 3.02. The molecule has 0 saturated carbocycles. The standard InChI is InChI=1S/C20H14N2O3S/c1-12-17(13-7-3-2-4-8-13)21-20(26-12)22-18(23)15-11-14-9-5-6-10-16(14)25-19(15)24/h2-11H,1H3,(H,21,22,23). The number of nitrogens with one attached hydrogen (secondary N) is 1. The number of para-hydroxylation sites is 1. The second-order valence-corrected chi connectivity index (χ2v) is 6.93. The molecule has 5 nitrogen and oxygen atoms in total. The Morgan fingerprint density at radius 1 is 1.08 bits per heavy atom. The predicted molar refractivity (Wildman–Crippen MR) is 103 cm³/mol. The Balaban J connectivity index is 1.65. The van der Waals surface area contributed by atoms with Crippen molar-refractivity contribution >= 4 is 33.3 Å². The zero-order valence-corrected chi connectivity index (χ0v) is 14.7. The van der Waals surface area contributed by atoms with Crippen molar-refractivity contribution in [3.05, 3.63) is 81.5 Å².